The van der Waals surface area contributed by atoms with Gasteiger partial charge in [0, 0.05) is 56.3 Å². The van der Waals surface area contributed by atoms with Gasteiger partial charge in [-0.05, 0) is 38.0 Å². The third-order valence-electron chi connectivity index (χ3n) is 5.10. The zero-order valence-corrected chi connectivity index (χ0v) is 15.4. The van der Waals surface area contributed by atoms with Crippen molar-refractivity contribution in [2.24, 2.45) is 0 Å². The Labute approximate surface area is 157 Å². The number of piperazine rings is 1. The molecule has 4 heterocycles. The van der Waals surface area contributed by atoms with Crippen molar-refractivity contribution in [3.63, 3.8) is 0 Å². The van der Waals surface area contributed by atoms with Crippen LogP contribution in [0.15, 0.2) is 36.7 Å². The molecule has 8 nitrogen and oxygen atoms in total. The summed E-state index contributed by atoms with van der Waals surface area (Å²) >= 11 is 0. The van der Waals surface area contributed by atoms with Crippen molar-refractivity contribution in [1.29, 1.82) is 0 Å². The van der Waals surface area contributed by atoms with Crippen molar-refractivity contribution in [3.8, 4) is 5.82 Å². The monoisotopic (exact) mass is 362 g/mol. The maximum Gasteiger partial charge on any atom is 0.175 e. The van der Waals surface area contributed by atoms with E-state index >= 15 is 0 Å². The van der Waals surface area contributed by atoms with E-state index in [-0.39, 0.29) is 0 Å². The van der Waals surface area contributed by atoms with Gasteiger partial charge in [-0.25, -0.2) is 14.6 Å². The van der Waals surface area contributed by atoms with Gasteiger partial charge in [-0.3, -0.25) is 0 Å². The Morgan fingerprint density at radius 1 is 0.889 bits per heavy atom. The minimum Gasteiger partial charge on any atom is -0.353 e. The first kappa shape index (κ1) is 16.2. The van der Waals surface area contributed by atoms with E-state index in [0.717, 1.165) is 55.2 Å². The maximum absolute atomic E-state index is 4.82. The lowest BCUT2D eigenvalue weighted by Gasteiger charge is -2.36. The van der Waals surface area contributed by atoms with Crippen molar-refractivity contribution in [2.75, 3.05) is 36.0 Å². The molecule has 3 aromatic heterocycles. The number of hydrogen-bond acceptors (Lipinski definition) is 7. The number of aromatic nitrogens is 6. The molecule has 0 N–H and O–H groups in total. The van der Waals surface area contributed by atoms with Gasteiger partial charge in [0.1, 0.15) is 11.6 Å². The van der Waals surface area contributed by atoms with Crippen LogP contribution in [0.3, 0.4) is 0 Å². The van der Waals surface area contributed by atoms with Gasteiger partial charge in [0.2, 0.25) is 0 Å². The Bertz CT molecular complexity index is 909. The Balaban J connectivity index is 1.26. The number of anilines is 2. The summed E-state index contributed by atoms with van der Waals surface area (Å²) in [7, 11) is 0. The second-order valence-electron chi connectivity index (χ2n) is 7.17. The van der Waals surface area contributed by atoms with Crippen LogP contribution in [0.4, 0.5) is 11.6 Å². The first-order valence-corrected chi connectivity index (χ1v) is 9.45. The number of rotatable bonds is 4. The van der Waals surface area contributed by atoms with Gasteiger partial charge in [0.15, 0.2) is 11.6 Å². The van der Waals surface area contributed by atoms with Crippen LogP contribution in [0.2, 0.25) is 0 Å². The first-order chi connectivity index (χ1) is 13.3. The molecule has 1 aliphatic heterocycles. The summed E-state index contributed by atoms with van der Waals surface area (Å²) in [5.74, 6) is 4.29. The van der Waals surface area contributed by atoms with Crippen LogP contribution in [0.25, 0.3) is 5.82 Å². The third kappa shape index (κ3) is 3.34. The van der Waals surface area contributed by atoms with Gasteiger partial charge in [0.05, 0.1) is 0 Å². The summed E-state index contributed by atoms with van der Waals surface area (Å²) in [6, 6.07) is 7.94. The summed E-state index contributed by atoms with van der Waals surface area (Å²) < 4.78 is 1.71. The lowest BCUT2D eigenvalue weighted by Crippen LogP contribution is -2.47. The predicted octanol–water partition coefficient (Wildman–Crippen LogP) is 1.96. The highest BCUT2D eigenvalue weighted by Gasteiger charge is 2.28. The van der Waals surface area contributed by atoms with Gasteiger partial charge in [-0.2, -0.15) is 5.10 Å². The fraction of sp³-hybridized carbons (Fsp3) is 0.421. The van der Waals surface area contributed by atoms with E-state index in [4.69, 9.17) is 4.98 Å². The molecule has 8 heteroatoms. The topological polar surface area (TPSA) is 75.9 Å². The summed E-state index contributed by atoms with van der Waals surface area (Å²) in [4.78, 5) is 14.0. The fourth-order valence-electron chi connectivity index (χ4n) is 3.44. The molecule has 5 rings (SSSR count). The highest BCUT2D eigenvalue weighted by atomic mass is 15.4. The van der Waals surface area contributed by atoms with Crippen LogP contribution >= 0.6 is 0 Å². The van der Waals surface area contributed by atoms with Crippen LogP contribution in [0, 0.1) is 6.92 Å². The smallest absolute Gasteiger partial charge is 0.175 e. The Hall–Kier alpha value is -3.03. The summed E-state index contributed by atoms with van der Waals surface area (Å²) in [5.41, 5.74) is 1.06. The second kappa shape index (κ2) is 6.61. The van der Waals surface area contributed by atoms with Crippen LogP contribution < -0.4 is 9.80 Å². The van der Waals surface area contributed by atoms with E-state index in [1.54, 1.807) is 10.9 Å². The van der Waals surface area contributed by atoms with Gasteiger partial charge in [-0.1, -0.05) is 0 Å². The van der Waals surface area contributed by atoms with Crippen LogP contribution in [-0.4, -0.2) is 56.1 Å². The van der Waals surface area contributed by atoms with Crippen molar-refractivity contribution < 1.29 is 0 Å². The molecule has 27 heavy (non-hydrogen) atoms. The van der Waals surface area contributed by atoms with E-state index < -0.39 is 0 Å². The Morgan fingerprint density at radius 3 is 2.22 bits per heavy atom. The molecule has 1 saturated heterocycles. The summed E-state index contributed by atoms with van der Waals surface area (Å²) in [5, 5.41) is 12.9. The molecule has 0 radical (unpaired) electrons. The lowest BCUT2D eigenvalue weighted by atomic mass is 10.2. The minimum atomic E-state index is 0.577. The van der Waals surface area contributed by atoms with Crippen molar-refractivity contribution in [1.82, 2.24) is 29.9 Å². The quantitative estimate of drug-likeness (QED) is 0.702. The maximum atomic E-state index is 4.82. The molecule has 2 aliphatic rings. The second-order valence-corrected chi connectivity index (χ2v) is 7.17. The molecule has 1 aliphatic carbocycles. The number of hydrogen-bond donors (Lipinski definition) is 0. The van der Waals surface area contributed by atoms with Gasteiger partial charge in [0.25, 0.3) is 0 Å². The average molecular weight is 362 g/mol. The standard InChI is InChI=1S/C19H22N8/c1-14-13-18(22-19(21-14)15-3-4-15)26-11-9-25(10-12-26)16-5-6-17(24-23-16)27-8-2-7-20-27/h2,5-8,13,15H,3-4,9-12H2,1H3. The SMILES string of the molecule is Cc1cc(N2CCN(c3ccc(-n4cccn4)nn3)CC2)nc(C2CC2)n1. The largest absolute Gasteiger partial charge is 0.353 e. The minimum absolute atomic E-state index is 0.577. The molecule has 2 fully saturated rings. The van der Waals surface area contributed by atoms with Crippen LogP contribution in [-0.2, 0) is 0 Å². The van der Waals surface area contributed by atoms with E-state index in [1.807, 2.05) is 24.4 Å². The molecule has 0 unspecified atom stereocenters. The summed E-state index contributed by atoms with van der Waals surface area (Å²) in [6.07, 6.45) is 6.05. The molecule has 138 valence electrons. The van der Waals surface area contributed by atoms with Gasteiger partial charge in [-0.15, -0.1) is 10.2 Å². The van der Waals surface area contributed by atoms with E-state index in [0.29, 0.717) is 5.92 Å². The molecular weight excluding hydrogens is 340 g/mol. The molecule has 1 saturated carbocycles. The van der Waals surface area contributed by atoms with E-state index in [2.05, 4.69) is 43.1 Å². The molecular formula is C19H22N8. The van der Waals surface area contributed by atoms with Gasteiger partial charge >= 0.3 is 0 Å². The Morgan fingerprint density at radius 2 is 1.59 bits per heavy atom. The zero-order chi connectivity index (χ0) is 18.2. The van der Waals surface area contributed by atoms with Crippen LogP contribution in [0.1, 0.15) is 30.3 Å². The average Bonchev–Trinajstić information content (AvgIpc) is 3.42. The zero-order valence-electron chi connectivity index (χ0n) is 15.4. The fourth-order valence-corrected chi connectivity index (χ4v) is 3.44. The van der Waals surface area contributed by atoms with E-state index in [1.165, 1.54) is 12.8 Å². The van der Waals surface area contributed by atoms with Gasteiger partial charge < -0.3 is 9.80 Å². The van der Waals surface area contributed by atoms with Crippen molar-refractivity contribution in [2.45, 2.75) is 25.7 Å². The summed E-state index contributed by atoms with van der Waals surface area (Å²) in [6.45, 7) is 5.70. The number of nitrogens with zero attached hydrogens (tertiary/aromatic N) is 8. The lowest BCUT2D eigenvalue weighted by molar-refractivity contribution is 0.634. The molecule has 0 amide bonds. The van der Waals surface area contributed by atoms with Crippen molar-refractivity contribution in [3.05, 3.63) is 48.2 Å². The molecule has 0 bridgehead atoms. The molecule has 0 spiro atoms. The molecule has 3 aromatic rings. The first-order valence-electron chi connectivity index (χ1n) is 9.45. The molecule has 0 aromatic carbocycles. The third-order valence-corrected chi connectivity index (χ3v) is 5.10. The highest BCUT2D eigenvalue weighted by molar-refractivity contribution is 5.46. The number of aryl methyl sites for hydroxylation is 1. The van der Waals surface area contributed by atoms with Crippen LogP contribution in [0.5, 0.6) is 0 Å². The Kier molecular flexibility index (Phi) is 3.95. The van der Waals surface area contributed by atoms with Crippen molar-refractivity contribution >= 4 is 11.6 Å². The normalized spacial score (nSPS) is 17.4. The highest BCUT2D eigenvalue weighted by Crippen LogP contribution is 2.38. The van der Waals surface area contributed by atoms with E-state index in [9.17, 15) is 0 Å². The molecule has 0 atom stereocenters. The predicted molar refractivity (Wildman–Crippen MR) is 102 cm³/mol.